The van der Waals surface area contributed by atoms with Gasteiger partial charge in [-0.05, 0) is 68.6 Å². The van der Waals surface area contributed by atoms with E-state index in [1.165, 1.54) is 12.8 Å². The molecule has 0 saturated carbocycles. The lowest BCUT2D eigenvalue weighted by atomic mass is 9.74. The highest BCUT2D eigenvalue weighted by Crippen LogP contribution is 2.46. The molecule has 0 radical (unpaired) electrons. The summed E-state index contributed by atoms with van der Waals surface area (Å²) in [6.07, 6.45) is 5.42. The number of nitrogens with zero attached hydrogens (tertiary/aromatic N) is 4. The maximum atomic E-state index is 13.7. The van der Waals surface area contributed by atoms with E-state index in [9.17, 15) is 14.9 Å². The fourth-order valence-corrected chi connectivity index (χ4v) is 6.71. The molecule has 8 nitrogen and oxygen atoms in total. The van der Waals surface area contributed by atoms with Crippen LogP contribution in [0, 0.1) is 11.3 Å². The Morgan fingerprint density at radius 3 is 2.43 bits per heavy atom. The molecule has 1 amide bonds. The van der Waals surface area contributed by atoms with Crippen molar-refractivity contribution in [2.45, 2.75) is 31.1 Å². The standard InChI is InChI=1S/C34H33N5O3/c35-23-34(24-8-2-1-3-9-24)14-19-38(20-15-34)28-13-12-25-30-32(28)42-29-11-5-4-10-27(29)39(30)22-26(31(25)40)33(41)36-16-21-37-17-6-7-18-37/h1-5,8-13,22H,6-7,14-21H2,(H,36,41). The van der Waals surface area contributed by atoms with E-state index in [2.05, 4.69) is 21.2 Å². The third-order valence-electron chi connectivity index (χ3n) is 9.09. The first kappa shape index (κ1) is 26.3. The summed E-state index contributed by atoms with van der Waals surface area (Å²) < 4.78 is 8.43. The molecule has 212 valence electrons. The number of nitrogens with one attached hydrogen (secondary N) is 1. The highest BCUT2D eigenvalue weighted by molar-refractivity contribution is 6.01. The van der Waals surface area contributed by atoms with E-state index in [-0.39, 0.29) is 16.9 Å². The van der Waals surface area contributed by atoms with Crippen molar-refractivity contribution in [1.29, 1.82) is 5.26 Å². The molecular weight excluding hydrogens is 526 g/mol. The van der Waals surface area contributed by atoms with Crippen LogP contribution in [-0.2, 0) is 5.41 Å². The highest BCUT2D eigenvalue weighted by Gasteiger charge is 2.38. The van der Waals surface area contributed by atoms with Crippen molar-refractivity contribution < 1.29 is 9.53 Å². The Hall–Kier alpha value is -4.61. The molecule has 42 heavy (non-hydrogen) atoms. The van der Waals surface area contributed by atoms with Gasteiger partial charge in [-0.1, -0.05) is 42.5 Å². The van der Waals surface area contributed by atoms with Crippen molar-refractivity contribution in [3.05, 3.63) is 94.3 Å². The molecule has 8 heteroatoms. The zero-order valence-electron chi connectivity index (χ0n) is 23.5. The number of anilines is 1. The van der Waals surface area contributed by atoms with Crippen molar-refractivity contribution >= 4 is 22.5 Å². The Morgan fingerprint density at radius 2 is 1.67 bits per heavy atom. The van der Waals surface area contributed by atoms with Crippen LogP contribution in [0.2, 0.25) is 0 Å². The predicted molar refractivity (Wildman–Crippen MR) is 163 cm³/mol. The summed E-state index contributed by atoms with van der Waals surface area (Å²) in [6, 6.07) is 24.1. The van der Waals surface area contributed by atoms with Crippen LogP contribution in [0.5, 0.6) is 11.5 Å². The Morgan fingerprint density at radius 1 is 0.929 bits per heavy atom. The summed E-state index contributed by atoms with van der Waals surface area (Å²) in [5, 5.41) is 13.6. The average Bonchev–Trinajstić information content (AvgIpc) is 3.56. The van der Waals surface area contributed by atoms with Gasteiger partial charge in [0.1, 0.15) is 11.1 Å². The lowest BCUT2D eigenvalue weighted by Gasteiger charge is -2.39. The van der Waals surface area contributed by atoms with Crippen LogP contribution in [0.1, 0.15) is 41.6 Å². The summed E-state index contributed by atoms with van der Waals surface area (Å²) in [6.45, 7) is 4.75. The minimum atomic E-state index is -0.529. The van der Waals surface area contributed by atoms with Crippen molar-refractivity contribution in [2.24, 2.45) is 0 Å². The first-order chi connectivity index (χ1) is 20.6. The van der Waals surface area contributed by atoms with Crippen LogP contribution in [0.15, 0.2) is 77.7 Å². The summed E-state index contributed by atoms with van der Waals surface area (Å²) in [5.74, 6) is 0.910. The van der Waals surface area contributed by atoms with Gasteiger partial charge in [0, 0.05) is 32.4 Å². The molecule has 3 aliphatic heterocycles. The van der Waals surface area contributed by atoms with Gasteiger partial charge in [0.2, 0.25) is 5.43 Å². The molecule has 0 unspecified atom stereocenters. The van der Waals surface area contributed by atoms with E-state index in [0.717, 1.165) is 36.6 Å². The van der Waals surface area contributed by atoms with Crippen LogP contribution in [0.4, 0.5) is 5.69 Å². The van der Waals surface area contributed by atoms with Crippen molar-refractivity contribution in [1.82, 2.24) is 14.8 Å². The topological polar surface area (TPSA) is 90.6 Å². The number of rotatable bonds is 6. The van der Waals surface area contributed by atoms with Crippen molar-refractivity contribution in [2.75, 3.05) is 44.2 Å². The van der Waals surface area contributed by atoms with Crippen LogP contribution >= 0.6 is 0 Å². The number of amides is 1. The molecule has 3 aromatic carbocycles. The molecule has 1 N–H and O–H groups in total. The smallest absolute Gasteiger partial charge is 0.256 e. The first-order valence-corrected chi connectivity index (χ1v) is 14.8. The van der Waals surface area contributed by atoms with E-state index in [4.69, 9.17) is 4.74 Å². The second-order valence-electron chi connectivity index (χ2n) is 11.5. The lowest BCUT2D eigenvalue weighted by molar-refractivity contribution is 0.0948. The van der Waals surface area contributed by atoms with Gasteiger partial charge in [-0.3, -0.25) is 9.59 Å². The van der Waals surface area contributed by atoms with E-state index >= 15 is 0 Å². The molecule has 0 spiro atoms. The fraction of sp³-hybridized carbons (Fsp3) is 0.324. The number of ether oxygens (including phenoxy) is 1. The second kappa shape index (κ2) is 10.7. The minimum absolute atomic E-state index is 0.124. The monoisotopic (exact) mass is 559 g/mol. The van der Waals surface area contributed by atoms with Crippen LogP contribution < -0.4 is 20.4 Å². The summed E-state index contributed by atoms with van der Waals surface area (Å²) in [4.78, 5) is 31.6. The quantitative estimate of drug-likeness (QED) is 0.316. The van der Waals surface area contributed by atoms with Gasteiger partial charge in [0.05, 0.1) is 28.2 Å². The Labute approximate surface area is 244 Å². The van der Waals surface area contributed by atoms with Gasteiger partial charge < -0.3 is 24.4 Å². The van der Waals surface area contributed by atoms with Gasteiger partial charge >= 0.3 is 0 Å². The zero-order valence-corrected chi connectivity index (χ0v) is 23.5. The number of benzene rings is 3. The summed E-state index contributed by atoms with van der Waals surface area (Å²) in [7, 11) is 0. The Balaban J connectivity index is 1.24. The number of aromatic nitrogens is 1. The largest absolute Gasteiger partial charge is 0.451 e. The van der Waals surface area contributed by atoms with Gasteiger partial charge in [-0.2, -0.15) is 5.26 Å². The third kappa shape index (κ3) is 4.41. The van der Waals surface area contributed by atoms with E-state index in [0.29, 0.717) is 54.9 Å². The second-order valence-corrected chi connectivity index (χ2v) is 11.5. The van der Waals surface area contributed by atoms with Crippen molar-refractivity contribution in [3.63, 3.8) is 0 Å². The van der Waals surface area contributed by atoms with Crippen LogP contribution in [0.25, 0.3) is 16.6 Å². The van der Waals surface area contributed by atoms with Crippen molar-refractivity contribution in [3.8, 4) is 23.3 Å². The van der Waals surface area contributed by atoms with E-state index in [1.54, 1.807) is 6.20 Å². The average molecular weight is 560 g/mol. The SMILES string of the molecule is N#CC1(c2ccccc2)CCN(c2ccc3c(=O)c(C(=O)NCCN4CCCC4)cn4c3c2Oc2ccccc2-4)CC1. The van der Waals surface area contributed by atoms with Crippen LogP contribution in [0.3, 0.4) is 0 Å². The molecule has 1 aromatic heterocycles. The number of likely N-dealkylation sites (tertiary alicyclic amines) is 1. The number of para-hydroxylation sites is 2. The lowest BCUT2D eigenvalue weighted by Crippen LogP contribution is -2.42. The number of carbonyl (C=O) groups is 1. The van der Waals surface area contributed by atoms with E-state index < -0.39 is 5.41 Å². The Kier molecular flexibility index (Phi) is 6.67. The molecule has 2 fully saturated rings. The number of piperidine rings is 1. The number of hydrogen-bond acceptors (Lipinski definition) is 6. The third-order valence-corrected chi connectivity index (χ3v) is 9.09. The molecule has 3 aliphatic rings. The molecule has 4 heterocycles. The van der Waals surface area contributed by atoms with Gasteiger partial charge in [0.25, 0.3) is 5.91 Å². The molecular formula is C34H33N5O3. The van der Waals surface area contributed by atoms with Gasteiger partial charge in [-0.15, -0.1) is 0 Å². The first-order valence-electron chi connectivity index (χ1n) is 14.8. The molecule has 4 aromatic rings. The molecule has 0 bridgehead atoms. The maximum Gasteiger partial charge on any atom is 0.256 e. The van der Waals surface area contributed by atoms with Gasteiger partial charge in [-0.25, -0.2) is 0 Å². The zero-order chi connectivity index (χ0) is 28.7. The molecule has 7 rings (SSSR count). The fourth-order valence-electron chi connectivity index (χ4n) is 6.71. The van der Waals surface area contributed by atoms with E-state index in [1.807, 2.05) is 71.3 Å². The predicted octanol–water partition coefficient (Wildman–Crippen LogP) is 4.98. The highest BCUT2D eigenvalue weighted by atomic mass is 16.5. The van der Waals surface area contributed by atoms with Gasteiger partial charge in [0.15, 0.2) is 11.5 Å². The molecule has 2 saturated heterocycles. The Bertz CT molecular complexity index is 1760. The normalized spacial score (nSPS) is 17.4. The number of hydrogen-bond donors (Lipinski definition) is 1. The summed E-state index contributed by atoms with van der Waals surface area (Å²) in [5.41, 5.74) is 2.67. The minimum Gasteiger partial charge on any atom is -0.451 e. The number of fused-ring (bicyclic) bond motifs is 2. The number of pyridine rings is 1. The number of carbonyl (C=O) groups excluding carboxylic acids is 1. The maximum absolute atomic E-state index is 13.7. The summed E-state index contributed by atoms with van der Waals surface area (Å²) >= 11 is 0. The van der Waals surface area contributed by atoms with Crippen LogP contribution in [-0.4, -0.2) is 54.6 Å². The number of nitriles is 1. The molecule has 0 aliphatic carbocycles. The molecule has 0 atom stereocenters.